The molecule has 0 saturated carbocycles. The van der Waals surface area contributed by atoms with Crippen molar-refractivity contribution >= 4 is 23.5 Å². The van der Waals surface area contributed by atoms with Gasteiger partial charge in [0.25, 0.3) is 0 Å². The van der Waals surface area contributed by atoms with Gasteiger partial charge in [-0.3, -0.25) is 9.59 Å². The summed E-state index contributed by atoms with van der Waals surface area (Å²) in [4.78, 5) is 21.9. The number of carbonyl (C=O) groups is 2. The lowest BCUT2D eigenvalue weighted by molar-refractivity contribution is -0.144. The Morgan fingerprint density at radius 1 is 1.23 bits per heavy atom. The normalized spacial score (nSPS) is 9.69. The van der Waals surface area contributed by atoms with E-state index in [0.717, 1.165) is 5.75 Å². The van der Waals surface area contributed by atoms with Crippen LogP contribution in [0.2, 0.25) is 0 Å². The average Bonchev–Trinajstić information content (AvgIpc) is 2.12. The summed E-state index contributed by atoms with van der Waals surface area (Å²) < 4.78 is 4.70. The highest BCUT2D eigenvalue weighted by Crippen LogP contribution is 2.02. The number of ether oxygens (including phenoxy) is 1. The van der Waals surface area contributed by atoms with Gasteiger partial charge in [-0.2, -0.15) is 11.8 Å². The van der Waals surface area contributed by atoms with Crippen molar-refractivity contribution < 1.29 is 14.3 Å². The third kappa shape index (κ3) is 7.84. The van der Waals surface area contributed by atoms with Gasteiger partial charge in [-0.25, -0.2) is 0 Å². The maximum atomic E-state index is 11.1. The molecule has 0 amide bonds. The lowest BCUT2D eigenvalue weighted by Gasteiger charge is -2.00. The molecule has 0 fully saturated rings. The van der Waals surface area contributed by atoms with Crippen LogP contribution in [0.1, 0.15) is 26.7 Å². The molecular formula is C9H16O3S. The molecule has 13 heavy (non-hydrogen) atoms. The summed E-state index contributed by atoms with van der Waals surface area (Å²) >= 11 is 1.58. The molecule has 0 saturated heterocycles. The van der Waals surface area contributed by atoms with Gasteiger partial charge in [-0.1, -0.05) is 6.92 Å². The first-order valence-electron chi connectivity index (χ1n) is 4.45. The summed E-state index contributed by atoms with van der Waals surface area (Å²) in [5.41, 5.74) is 0. The van der Waals surface area contributed by atoms with Gasteiger partial charge in [0.2, 0.25) is 0 Å². The summed E-state index contributed by atoms with van der Waals surface area (Å²) in [5, 5.41) is 0. The van der Waals surface area contributed by atoms with Crippen molar-refractivity contribution in [2.45, 2.75) is 26.7 Å². The Hall–Kier alpha value is -0.510. The number of thioether (sulfide) groups is 1. The SMILES string of the molecule is CCOC(=O)CCC(=O)CSCC. The molecule has 0 aromatic rings. The standard InChI is InChI=1S/C9H16O3S/c1-3-12-9(11)6-5-8(10)7-13-4-2/h3-7H2,1-2H3. The molecule has 0 aliphatic carbocycles. The molecule has 0 atom stereocenters. The maximum absolute atomic E-state index is 11.1. The molecule has 0 aromatic carbocycles. The monoisotopic (exact) mass is 204 g/mol. The van der Waals surface area contributed by atoms with E-state index in [2.05, 4.69) is 0 Å². The van der Waals surface area contributed by atoms with Gasteiger partial charge in [0.1, 0.15) is 5.78 Å². The molecule has 0 N–H and O–H groups in total. The smallest absolute Gasteiger partial charge is 0.306 e. The zero-order chi connectivity index (χ0) is 10.1. The fourth-order valence-electron chi connectivity index (χ4n) is 0.763. The number of hydrogen-bond donors (Lipinski definition) is 0. The molecule has 0 rings (SSSR count). The Labute approximate surface area is 83.2 Å². The number of ketones is 1. The molecule has 0 unspecified atom stereocenters. The molecule has 0 spiro atoms. The first kappa shape index (κ1) is 12.5. The Bertz CT molecular complexity index is 168. The highest BCUT2D eigenvalue weighted by molar-refractivity contribution is 7.99. The van der Waals surface area contributed by atoms with E-state index in [9.17, 15) is 9.59 Å². The summed E-state index contributed by atoms with van der Waals surface area (Å²) in [6.45, 7) is 4.15. The number of carbonyl (C=O) groups excluding carboxylic acids is 2. The van der Waals surface area contributed by atoms with Crippen molar-refractivity contribution in [3.63, 3.8) is 0 Å². The lowest BCUT2D eigenvalue weighted by Crippen LogP contribution is -2.09. The van der Waals surface area contributed by atoms with E-state index in [0.29, 0.717) is 18.8 Å². The minimum atomic E-state index is -0.280. The molecule has 0 aliphatic heterocycles. The number of rotatable bonds is 7. The van der Waals surface area contributed by atoms with Crippen LogP contribution in [0.5, 0.6) is 0 Å². The molecule has 0 aromatic heterocycles. The van der Waals surface area contributed by atoms with Crippen LogP contribution < -0.4 is 0 Å². The second kappa shape index (κ2) is 8.10. The second-order valence-corrected chi connectivity index (χ2v) is 3.76. The third-order valence-corrected chi connectivity index (χ3v) is 2.31. The molecule has 0 heterocycles. The Kier molecular flexibility index (Phi) is 7.79. The minimum absolute atomic E-state index is 0.125. The predicted molar refractivity (Wildman–Crippen MR) is 53.9 cm³/mol. The van der Waals surface area contributed by atoms with E-state index >= 15 is 0 Å². The van der Waals surface area contributed by atoms with Gasteiger partial charge in [0.05, 0.1) is 18.8 Å². The van der Waals surface area contributed by atoms with E-state index in [-0.39, 0.29) is 18.2 Å². The number of Topliss-reactive ketones (excluding diaryl/α,β-unsaturated/α-hetero) is 1. The quantitative estimate of drug-likeness (QED) is 0.591. The molecule has 4 heteroatoms. The summed E-state index contributed by atoms with van der Waals surface area (Å²) in [7, 11) is 0. The van der Waals surface area contributed by atoms with Crippen LogP contribution in [0.3, 0.4) is 0 Å². The Morgan fingerprint density at radius 3 is 2.46 bits per heavy atom. The number of esters is 1. The van der Waals surface area contributed by atoms with Gasteiger partial charge in [-0.05, 0) is 12.7 Å². The Morgan fingerprint density at radius 2 is 1.92 bits per heavy atom. The average molecular weight is 204 g/mol. The topological polar surface area (TPSA) is 43.4 Å². The summed E-state index contributed by atoms with van der Waals surface area (Å²) in [5.74, 6) is 1.29. The molecular weight excluding hydrogens is 188 g/mol. The van der Waals surface area contributed by atoms with Crippen molar-refractivity contribution in [3.8, 4) is 0 Å². The summed E-state index contributed by atoms with van der Waals surface area (Å²) in [6, 6.07) is 0. The van der Waals surface area contributed by atoms with Crippen LogP contribution >= 0.6 is 11.8 Å². The lowest BCUT2D eigenvalue weighted by atomic mass is 10.2. The van der Waals surface area contributed by atoms with Crippen LogP contribution in [0, 0.1) is 0 Å². The van der Waals surface area contributed by atoms with Gasteiger partial charge >= 0.3 is 5.97 Å². The minimum Gasteiger partial charge on any atom is -0.466 e. The highest BCUT2D eigenvalue weighted by Gasteiger charge is 2.06. The molecule has 0 aliphatic rings. The largest absolute Gasteiger partial charge is 0.466 e. The van der Waals surface area contributed by atoms with E-state index in [1.165, 1.54) is 0 Å². The van der Waals surface area contributed by atoms with Crippen LogP contribution in [-0.2, 0) is 14.3 Å². The van der Waals surface area contributed by atoms with Gasteiger partial charge in [0.15, 0.2) is 0 Å². The zero-order valence-corrected chi connectivity index (χ0v) is 8.99. The molecule has 0 radical (unpaired) electrons. The van der Waals surface area contributed by atoms with Crippen LogP contribution in [0.15, 0.2) is 0 Å². The van der Waals surface area contributed by atoms with Crippen molar-refractivity contribution in [2.24, 2.45) is 0 Å². The van der Waals surface area contributed by atoms with E-state index in [1.807, 2.05) is 6.92 Å². The molecule has 76 valence electrons. The van der Waals surface area contributed by atoms with Crippen LogP contribution in [0.25, 0.3) is 0 Å². The van der Waals surface area contributed by atoms with Crippen LogP contribution in [0.4, 0.5) is 0 Å². The van der Waals surface area contributed by atoms with Crippen molar-refractivity contribution in [2.75, 3.05) is 18.1 Å². The third-order valence-electron chi connectivity index (χ3n) is 1.38. The van der Waals surface area contributed by atoms with Gasteiger partial charge in [0, 0.05) is 6.42 Å². The van der Waals surface area contributed by atoms with Crippen LogP contribution in [-0.4, -0.2) is 29.9 Å². The fraction of sp³-hybridized carbons (Fsp3) is 0.778. The first-order chi connectivity index (χ1) is 6.20. The van der Waals surface area contributed by atoms with Crippen molar-refractivity contribution in [1.82, 2.24) is 0 Å². The first-order valence-corrected chi connectivity index (χ1v) is 5.61. The predicted octanol–water partition coefficient (Wildman–Crippen LogP) is 1.65. The van der Waals surface area contributed by atoms with Crippen molar-refractivity contribution in [3.05, 3.63) is 0 Å². The van der Waals surface area contributed by atoms with E-state index in [4.69, 9.17) is 4.74 Å². The highest BCUT2D eigenvalue weighted by atomic mass is 32.2. The van der Waals surface area contributed by atoms with E-state index in [1.54, 1.807) is 18.7 Å². The zero-order valence-electron chi connectivity index (χ0n) is 8.17. The summed E-state index contributed by atoms with van der Waals surface area (Å²) in [6.07, 6.45) is 0.531. The van der Waals surface area contributed by atoms with E-state index < -0.39 is 0 Å². The van der Waals surface area contributed by atoms with Crippen molar-refractivity contribution in [1.29, 1.82) is 0 Å². The van der Waals surface area contributed by atoms with Gasteiger partial charge < -0.3 is 4.74 Å². The second-order valence-electron chi connectivity index (χ2n) is 2.48. The van der Waals surface area contributed by atoms with Gasteiger partial charge in [-0.15, -0.1) is 0 Å². The fourth-order valence-corrected chi connectivity index (χ4v) is 1.34. The molecule has 3 nitrogen and oxygen atoms in total. The Balaban J connectivity index is 3.40. The molecule has 0 bridgehead atoms. The maximum Gasteiger partial charge on any atom is 0.306 e. The number of hydrogen-bond acceptors (Lipinski definition) is 4.